The number of aromatic nitrogens is 2. The van der Waals surface area contributed by atoms with Gasteiger partial charge in [0.05, 0.1) is 0 Å². The Balaban J connectivity index is 1.75. The van der Waals surface area contributed by atoms with Crippen LogP contribution in [0.1, 0.15) is 56.4 Å². The molecule has 1 aliphatic carbocycles. The van der Waals surface area contributed by atoms with E-state index in [1.54, 1.807) is 0 Å². The summed E-state index contributed by atoms with van der Waals surface area (Å²) in [7, 11) is 0. The maximum atomic E-state index is 12.7. The van der Waals surface area contributed by atoms with E-state index in [2.05, 4.69) is 10.2 Å². The molecular formula is C14H20F3N3S. The molecule has 2 heterocycles. The molecule has 1 saturated heterocycles. The maximum Gasteiger partial charge on any atom is 0.445 e. The molecule has 21 heavy (non-hydrogen) atoms. The predicted molar refractivity (Wildman–Crippen MR) is 76.5 cm³/mol. The summed E-state index contributed by atoms with van der Waals surface area (Å²) in [4.78, 5) is 2.03. The van der Waals surface area contributed by atoms with Crippen molar-refractivity contribution in [1.29, 1.82) is 0 Å². The van der Waals surface area contributed by atoms with E-state index in [1.165, 1.54) is 44.9 Å². The Bertz CT molecular complexity index is 478. The van der Waals surface area contributed by atoms with Crippen LogP contribution in [0.2, 0.25) is 0 Å². The summed E-state index contributed by atoms with van der Waals surface area (Å²) in [6.07, 6.45) is 5.34. The van der Waals surface area contributed by atoms with Crippen LogP contribution in [-0.4, -0.2) is 23.3 Å². The SMILES string of the molecule is FC(F)(F)c1nnc(N2CCCC3(CCCCCC3)C2)s1. The van der Waals surface area contributed by atoms with Gasteiger partial charge in [-0.05, 0) is 31.1 Å². The monoisotopic (exact) mass is 319 g/mol. The van der Waals surface area contributed by atoms with Gasteiger partial charge in [-0.15, -0.1) is 10.2 Å². The molecule has 0 amide bonds. The van der Waals surface area contributed by atoms with Crippen molar-refractivity contribution in [3.8, 4) is 0 Å². The first-order valence-corrected chi connectivity index (χ1v) is 8.46. The molecule has 1 aromatic heterocycles. The molecule has 1 spiro atoms. The molecule has 1 aromatic rings. The summed E-state index contributed by atoms with van der Waals surface area (Å²) in [5.74, 6) is 0. The number of nitrogens with zero attached hydrogens (tertiary/aromatic N) is 3. The van der Waals surface area contributed by atoms with E-state index in [9.17, 15) is 13.2 Å². The summed E-state index contributed by atoms with van der Waals surface area (Å²) in [5.41, 5.74) is 0.290. The third-order valence-corrected chi connectivity index (χ3v) is 5.78. The molecule has 0 aromatic carbocycles. The standard InChI is InChI=1S/C14H20F3N3S/c15-14(16,17)11-18-19-12(21-11)20-9-5-8-13(10-20)6-3-1-2-4-7-13/h1-10H2. The van der Waals surface area contributed by atoms with Crippen LogP contribution in [0.4, 0.5) is 18.3 Å². The molecule has 118 valence electrons. The Morgan fingerprint density at radius 2 is 1.62 bits per heavy atom. The molecule has 7 heteroatoms. The molecule has 3 rings (SSSR count). The van der Waals surface area contributed by atoms with Crippen molar-refractivity contribution in [3.63, 3.8) is 0 Å². The molecule has 3 nitrogen and oxygen atoms in total. The molecule has 0 bridgehead atoms. The summed E-state index contributed by atoms with van der Waals surface area (Å²) in [6.45, 7) is 1.65. The van der Waals surface area contributed by atoms with Crippen LogP contribution in [0.5, 0.6) is 0 Å². The molecule has 0 radical (unpaired) electrons. The molecule has 0 atom stereocenters. The summed E-state index contributed by atoms with van der Waals surface area (Å²) in [5, 5.41) is 6.70. The average molecular weight is 319 g/mol. The normalized spacial score (nSPS) is 23.3. The second kappa shape index (κ2) is 5.74. The van der Waals surface area contributed by atoms with Crippen molar-refractivity contribution < 1.29 is 13.2 Å². The van der Waals surface area contributed by atoms with Crippen molar-refractivity contribution >= 4 is 16.5 Å². The van der Waals surface area contributed by atoms with Gasteiger partial charge in [0.2, 0.25) is 10.1 Å². The van der Waals surface area contributed by atoms with E-state index in [0.717, 1.165) is 19.5 Å². The fourth-order valence-electron chi connectivity index (χ4n) is 3.72. The molecule has 1 aliphatic heterocycles. The van der Waals surface area contributed by atoms with Gasteiger partial charge < -0.3 is 4.90 Å². The minimum atomic E-state index is -4.38. The van der Waals surface area contributed by atoms with Crippen LogP contribution in [0.3, 0.4) is 0 Å². The van der Waals surface area contributed by atoms with Crippen LogP contribution < -0.4 is 4.90 Å². The van der Waals surface area contributed by atoms with Crippen molar-refractivity contribution in [1.82, 2.24) is 10.2 Å². The Hall–Kier alpha value is -0.850. The number of anilines is 1. The first kappa shape index (κ1) is 15.1. The van der Waals surface area contributed by atoms with Crippen molar-refractivity contribution in [3.05, 3.63) is 5.01 Å². The first-order chi connectivity index (χ1) is 9.99. The Morgan fingerprint density at radius 1 is 0.952 bits per heavy atom. The van der Waals surface area contributed by atoms with Crippen LogP contribution in [0.15, 0.2) is 0 Å². The molecule has 0 unspecified atom stereocenters. The third-order valence-electron chi connectivity index (χ3n) is 4.75. The molecule has 2 fully saturated rings. The second-order valence-electron chi connectivity index (χ2n) is 6.33. The van der Waals surface area contributed by atoms with Gasteiger partial charge in [0.25, 0.3) is 0 Å². The third kappa shape index (κ3) is 3.33. The van der Waals surface area contributed by atoms with E-state index >= 15 is 0 Å². The summed E-state index contributed by atoms with van der Waals surface area (Å²) in [6, 6.07) is 0. The minimum Gasteiger partial charge on any atom is -0.346 e. The van der Waals surface area contributed by atoms with Gasteiger partial charge in [-0.2, -0.15) is 13.2 Å². The number of hydrogen-bond acceptors (Lipinski definition) is 4. The van der Waals surface area contributed by atoms with Crippen molar-refractivity contribution in [2.45, 2.75) is 57.5 Å². The molecule has 1 saturated carbocycles. The van der Waals surface area contributed by atoms with Crippen molar-refractivity contribution in [2.24, 2.45) is 5.41 Å². The van der Waals surface area contributed by atoms with Gasteiger partial charge in [0.15, 0.2) is 0 Å². The molecule has 2 aliphatic rings. The quantitative estimate of drug-likeness (QED) is 0.763. The Labute approximate surface area is 126 Å². The van der Waals surface area contributed by atoms with Gasteiger partial charge in [0.1, 0.15) is 0 Å². The van der Waals surface area contributed by atoms with E-state index in [-0.39, 0.29) is 0 Å². The minimum absolute atomic E-state index is 0.290. The molecule has 0 N–H and O–H groups in total. The van der Waals surface area contributed by atoms with Gasteiger partial charge >= 0.3 is 6.18 Å². The lowest BCUT2D eigenvalue weighted by Crippen LogP contribution is -2.43. The highest BCUT2D eigenvalue weighted by atomic mass is 32.1. The first-order valence-electron chi connectivity index (χ1n) is 7.64. The van der Waals surface area contributed by atoms with Gasteiger partial charge in [-0.25, -0.2) is 0 Å². The largest absolute Gasteiger partial charge is 0.445 e. The van der Waals surface area contributed by atoms with Crippen LogP contribution >= 0.6 is 11.3 Å². The predicted octanol–water partition coefficient (Wildman–Crippen LogP) is 4.50. The smallest absolute Gasteiger partial charge is 0.346 e. The number of piperidine rings is 1. The summed E-state index contributed by atoms with van der Waals surface area (Å²) >= 11 is 0.678. The Kier molecular flexibility index (Phi) is 4.12. The van der Waals surface area contributed by atoms with Gasteiger partial charge in [-0.3, -0.25) is 0 Å². The average Bonchev–Trinajstić information content (AvgIpc) is 2.84. The fourth-order valence-corrected chi connectivity index (χ4v) is 4.45. The van der Waals surface area contributed by atoms with E-state index in [0.29, 0.717) is 21.9 Å². The highest BCUT2D eigenvalue weighted by Gasteiger charge is 2.39. The fraction of sp³-hybridized carbons (Fsp3) is 0.857. The highest BCUT2D eigenvalue weighted by Crippen LogP contribution is 2.44. The van der Waals surface area contributed by atoms with Crippen LogP contribution in [-0.2, 0) is 6.18 Å². The highest BCUT2D eigenvalue weighted by molar-refractivity contribution is 7.15. The van der Waals surface area contributed by atoms with Crippen LogP contribution in [0, 0.1) is 5.41 Å². The van der Waals surface area contributed by atoms with E-state index < -0.39 is 11.2 Å². The number of halogens is 3. The summed E-state index contributed by atoms with van der Waals surface area (Å²) < 4.78 is 38.0. The van der Waals surface area contributed by atoms with Gasteiger partial charge in [-0.1, -0.05) is 37.0 Å². The number of hydrogen-bond donors (Lipinski definition) is 0. The Morgan fingerprint density at radius 3 is 2.24 bits per heavy atom. The number of alkyl halides is 3. The number of rotatable bonds is 1. The molecular weight excluding hydrogens is 299 g/mol. The zero-order chi connectivity index (χ0) is 14.9. The van der Waals surface area contributed by atoms with E-state index in [1.807, 2.05) is 4.90 Å². The van der Waals surface area contributed by atoms with E-state index in [4.69, 9.17) is 0 Å². The lowest BCUT2D eigenvalue weighted by Gasteiger charge is -2.42. The zero-order valence-electron chi connectivity index (χ0n) is 12.0. The lowest BCUT2D eigenvalue weighted by molar-refractivity contribution is -0.138. The van der Waals surface area contributed by atoms with Crippen molar-refractivity contribution in [2.75, 3.05) is 18.0 Å². The maximum absolute atomic E-state index is 12.7. The topological polar surface area (TPSA) is 29.0 Å². The second-order valence-corrected chi connectivity index (χ2v) is 7.28. The lowest BCUT2D eigenvalue weighted by atomic mass is 9.74. The van der Waals surface area contributed by atoms with Gasteiger partial charge in [0, 0.05) is 13.1 Å². The van der Waals surface area contributed by atoms with Crippen LogP contribution in [0.25, 0.3) is 0 Å². The zero-order valence-corrected chi connectivity index (χ0v) is 12.8.